The number of rotatable bonds is 2. The van der Waals surface area contributed by atoms with E-state index in [0.717, 1.165) is 24.3 Å². The van der Waals surface area contributed by atoms with E-state index in [1.165, 1.54) is 22.0 Å². The number of fused-ring (bicyclic) bond motifs is 6. The minimum atomic E-state index is 0.0850. The fourth-order valence-corrected chi connectivity index (χ4v) is 5.03. The normalized spacial score (nSPS) is 29.3. The second kappa shape index (κ2) is 5.96. The predicted molar refractivity (Wildman–Crippen MR) is 99.0 cm³/mol. The zero-order valence-electron chi connectivity index (χ0n) is 15.4. The molecule has 1 aliphatic carbocycles. The van der Waals surface area contributed by atoms with Gasteiger partial charge in [0.05, 0.1) is 23.5 Å². The molecule has 0 radical (unpaired) electrons. The second-order valence-corrected chi connectivity index (χ2v) is 7.43. The number of hydrogen-bond donors (Lipinski definition) is 0. The van der Waals surface area contributed by atoms with Gasteiger partial charge in [-0.2, -0.15) is 0 Å². The van der Waals surface area contributed by atoms with E-state index in [9.17, 15) is 0 Å². The van der Waals surface area contributed by atoms with Crippen molar-refractivity contribution < 1.29 is 23.5 Å². The first-order valence-corrected chi connectivity index (χ1v) is 9.21. The van der Waals surface area contributed by atoms with Crippen LogP contribution in [0.5, 0.6) is 11.5 Å². The maximum Gasteiger partial charge on any atom is 0.231 e. The lowest BCUT2D eigenvalue weighted by atomic mass is 9.70. The molecular weight excluding hydrogens is 330 g/mol. The van der Waals surface area contributed by atoms with Gasteiger partial charge in [0.15, 0.2) is 17.7 Å². The van der Waals surface area contributed by atoms with Crippen molar-refractivity contribution in [1.29, 1.82) is 0 Å². The molecule has 5 rings (SSSR count). The Balaban J connectivity index is 1.67. The predicted octanol–water partition coefficient (Wildman–Crippen LogP) is 3.45. The molecule has 0 N–H and O–H groups in total. The summed E-state index contributed by atoms with van der Waals surface area (Å²) in [6, 6.07) is 8.69. The van der Waals surface area contributed by atoms with Gasteiger partial charge < -0.3 is 18.9 Å². The van der Waals surface area contributed by atoms with Crippen molar-refractivity contribution in [3.8, 4) is 11.5 Å². The molecular formula is C21H24NO4+. The molecule has 0 spiro atoms. The van der Waals surface area contributed by atoms with Crippen LogP contribution >= 0.6 is 0 Å². The van der Waals surface area contributed by atoms with Crippen LogP contribution < -0.4 is 9.47 Å². The summed E-state index contributed by atoms with van der Waals surface area (Å²) in [6.07, 6.45) is 4.68. The maximum atomic E-state index is 5.86. The minimum Gasteiger partial charge on any atom is -0.454 e. The molecule has 5 nitrogen and oxygen atoms in total. The molecule has 0 bridgehead atoms. The van der Waals surface area contributed by atoms with Crippen molar-refractivity contribution in [3.05, 3.63) is 29.8 Å². The van der Waals surface area contributed by atoms with E-state index in [0.29, 0.717) is 18.6 Å². The molecule has 26 heavy (non-hydrogen) atoms. The third-order valence-electron chi connectivity index (χ3n) is 6.21. The zero-order valence-corrected chi connectivity index (χ0v) is 15.4. The van der Waals surface area contributed by atoms with Crippen molar-refractivity contribution in [1.82, 2.24) is 0 Å². The number of benzene rings is 2. The summed E-state index contributed by atoms with van der Waals surface area (Å²) in [6.45, 7) is 0.300. The topological polar surface area (TPSA) is 39.9 Å². The Bertz CT molecular complexity index is 907. The monoisotopic (exact) mass is 354 g/mol. The number of ether oxygens (including phenoxy) is 4. The van der Waals surface area contributed by atoms with E-state index < -0.39 is 0 Å². The molecule has 2 heterocycles. The number of methoxy groups -OCH3 is 2. The highest BCUT2D eigenvalue weighted by atomic mass is 16.7. The van der Waals surface area contributed by atoms with Gasteiger partial charge in [-0.1, -0.05) is 12.1 Å². The van der Waals surface area contributed by atoms with Gasteiger partial charge in [0.1, 0.15) is 7.05 Å². The van der Waals surface area contributed by atoms with Gasteiger partial charge in [-0.3, -0.25) is 0 Å². The second-order valence-electron chi connectivity index (χ2n) is 7.43. The summed E-state index contributed by atoms with van der Waals surface area (Å²) >= 11 is 0. The molecule has 4 atom stereocenters. The fourth-order valence-electron chi connectivity index (χ4n) is 5.03. The minimum absolute atomic E-state index is 0.0850. The fraction of sp³-hybridized carbons (Fsp3) is 0.476. The van der Waals surface area contributed by atoms with Gasteiger partial charge in [-0.05, 0) is 30.4 Å². The van der Waals surface area contributed by atoms with Crippen LogP contribution in [0.3, 0.4) is 0 Å². The summed E-state index contributed by atoms with van der Waals surface area (Å²) in [7, 11) is 5.71. The molecule has 136 valence electrons. The van der Waals surface area contributed by atoms with E-state index in [2.05, 4.69) is 42.1 Å². The Morgan fingerprint density at radius 2 is 1.85 bits per heavy atom. The largest absolute Gasteiger partial charge is 0.454 e. The lowest BCUT2D eigenvalue weighted by Gasteiger charge is -2.40. The van der Waals surface area contributed by atoms with E-state index in [1.54, 1.807) is 14.2 Å². The van der Waals surface area contributed by atoms with Gasteiger partial charge in [0, 0.05) is 25.7 Å². The molecule has 2 aliphatic heterocycles. The quantitative estimate of drug-likeness (QED) is 0.775. The molecule has 2 aromatic carbocycles. The van der Waals surface area contributed by atoms with Gasteiger partial charge in [-0.25, -0.2) is 4.58 Å². The summed E-state index contributed by atoms with van der Waals surface area (Å²) in [5.41, 5.74) is 2.66. The van der Waals surface area contributed by atoms with E-state index in [-0.39, 0.29) is 12.2 Å². The van der Waals surface area contributed by atoms with Gasteiger partial charge >= 0.3 is 0 Å². The Kier molecular flexibility index (Phi) is 3.69. The standard InChI is InChI=1S/C21H24NO4/c1-22-10-16-13(6-7-17(23-2)21(16)24-3)14-5-4-12-8-18-19(26-11-25-18)9-15(12)20(14)22/h4-5,8-10,13,16-17,21H,6-7,11H2,1-3H3/q+1. The third kappa shape index (κ3) is 2.20. The van der Waals surface area contributed by atoms with Gasteiger partial charge in [0.2, 0.25) is 12.5 Å². The Labute approximate surface area is 153 Å². The van der Waals surface area contributed by atoms with Crippen LogP contribution in [0.4, 0.5) is 5.69 Å². The van der Waals surface area contributed by atoms with Crippen LogP contribution in [0.2, 0.25) is 0 Å². The van der Waals surface area contributed by atoms with Crippen LogP contribution in [-0.4, -0.2) is 51.1 Å². The van der Waals surface area contributed by atoms with Gasteiger partial charge in [0.25, 0.3) is 0 Å². The highest BCUT2D eigenvalue weighted by Gasteiger charge is 2.46. The molecule has 0 aromatic heterocycles. The van der Waals surface area contributed by atoms with Crippen molar-refractivity contribution in [2.24, 2.45) is 5.92 Å². The molecule has 1 fully saturated rings. The van der Waals surface area contributed by atoms with Crippen molar-refractivity contribution in [2.45, 2.75) is 31.0 Å². The van der Waals surface area contributed by atoms with Gasteiger partial charge in [-0.15, -0.1) is 0 Å². The average Bonchev–Trinajstić information content (AvgIpc) is 3.12. The smallest absolute Gasteiger partial charge is 0.231 e. The van der Waals surface area contributed by atoms with Crippen LogP contribution in [0.1, 0.15) is 24.3 Å². The molecule has 0 amide bonds. The van der Waals surface area contributed by atoms with Crippen LogP contribution in [0.25, 0.3) is 10.8 Å². The number of hydrogen-bond acceptors (Lipinski definition) is 4. The first kappa shape index (κ1) is 16.1. The molecule has 2 aromatic rings. The Morgan fingerprint density at radius 1 is 1.04 bits per heavy atom. The van der Waals surface area contributed by atoms with Crippen LogP contribution in [0.15, 0.2) is 24.3 Å². The maximum absolute atomic E-state index is 5.86. The van der Waals surface area contributed by atoms with Crippen LogP contribution in [0, 0.1) is 5.92 Å². The molecule has 4 unspecified atom stereocenters. The highest BCUT2D eigenvalue weighted by Crippen LogP contribution is 2.48. The molecule has 5 heteroatoms. The third-order valence-corrected chi connectivity index (χ3v) is 6.21. The van der Waals surface area contributed by atoms with Crippen LogP contribution in [-0.2, 0) is 9.47 Å². The highest BCUT2D eigenvalue weighted by molar-refractivity contribution is 5.96. The van der Waals surface area contributed by atoms with Crippen molar-refractivity contribution in [3.63, 3.8) is 0 Å². The molecule has 1 saturated carbocycles. The van der Waals surface area contributed by atoms with Crippen molar-refractivity contribution >= 4 is 22.7 Å². The lowest BCUT2D eigenvalue weighted by molar-refractivity contribution is -0.406. The van der Waals surface area contributed by atoms with E-state index >= 15 is 0 Å². The van der Waals surface area contributed by atoms with E-state index in [1.807, 2.05) is 0 Å². The Morgan fingerprint density at radius 3 is 2.62 bits per heavy atom. The summed E-state index contributed by atoms with van der Waals surface area (Å²) < 4.78 is 25.0. The van der Waals surface area contributed by atoms with Crippen molar-refractivity contribution in [2.75, 3.05) is 28.1 Å². The average molecular weight is 354 g/mol. The SMILES string of the molecule is COC1CCC2c3ccc4cc5c(cc4c3[N+](C)=CC2C1OC)OCO5. The molecule has 0 saturated heterocycles. The number of nitrogens with zero attached hydrogens (tertiary/aromatic N) is 1. The van der Waals surface area contributed by atoms with E-state index in [4.69, 9.17) is 18.9 Å². The Hall–Kier alpha value is -2.11. The first-order chi connectivity index (χ1) is 12.7. The summed E-state index contributed by atoms with van der Waals surface area (Å²) in [5, 5.41) is 2.40. The summed E-state index contributed by atoms with van der Waals surface area (Å²) in [4.78, 5) is 0. The first-order valence-electron chi connectivity index (χ1n) is 9.21. The molecule has 3 aliphatic rings. The summed E-state index contributed by atoms with van der Waals surface area (Å²) in [5.74, 6) is 2.44. The lowest BCUT2D eigenvalue weighted by Crippen LogP contribution is -2.46. The zero-order chi connectivity index (χ0) is 17.8.